The minimum Gasteiger partial charge on any atom is -0.454 e. The third-order valence-corrected chi connectivity index (χ3v) is 3.90. The van der Waals surface area contributed by atoms with Gasteiger partial charge < -0.3 is 29.7 Å². The fraction of sp³-hybridized carbons (Fsp3) is 0.600. The van der Waals surface area contributed by atoms with Gasteiger partial charge in [-0.05, 0) is 51.8 Å². The van der Waals surface area contributed by atoms with Crippen LogP contribution in [0.3, 0.4) is 0 Å². The molecule has 0 bridgehead atoms. The summed E-state index contributed by atoms with van der Waals surface area (Å²) in [6.07, 6.45) is 0.462. The van der Waals surface area contributed by atoms with E-state index in [1.165, 1.54) is 0 Å². The second-order valence-corrected chi connectivity index (χ2v) is 7.53. The summed E-state index contributed by atoms with van der Waals surface area (Å²) in [4.78, 5) is 18.1. The molecule has 1 amide bonds. The second kappa shape index (κ2) is 11.9. The number of likely N-dealkylation sites (N-methyl/N-ethyl adjacent to an activating group) is 1. The van der Waals surface area contributed by atoms with E-state index >= 15 is 0 Å². The fourth-order valence-electron chi connectivity index (χ4n) is 2.51. The number of fused-ring (bicyclic) bond motifs is 1. The lowest BCUT2D eigenvalue weighted by atomic mass is 10.1. The topological polar surface area (TPSA) is 84.4 Å². The van der Waals surface area contributed by atoms with Gasteiger partial charge in [0.2, 0.25) is 6.79 Å². The molecule has 0 atom stereocenters. The monoisotopic (exact) mass is 520 g/mol. The number of rotatable bonds is 7. The van der Waals surface area contributed by atoms with Crippen LogP contribution in [-0.2, 0) is 11.2 Å². The van der Waals surface area contributed by atoms with Crippen LogP contribution in [0.15, 0.2) is 23.2 Å². The number of nitrogens with one attached hydrogen (secondary N) is 2. The molecule has 2 N–H and O–H groups in total. The van der Waals surface area contributed by atoms with Gasteiger partial charge in [0, 0.05) is 33.2 Å². The number of halogens is 1. The van der Waals surface area contributed by atoms with Crippen molar-refractivity contribution in [2.45, 2.75) is 39.7 Å². The summed E-state index contributed by atoms with van der Waals surface area (Å²) in [7, 11) is 1.72. The van der Waals surface area contributed by atoms with E-state index in [1.807, 2.05) is 45.9 Å². The molecule has 0 unspecified atom stereocenters. The average Bonchev–Trinajstić information content (AvgIpc) is 3.08. The number of aliphatic imine (C=N–C) groups is 1. The molecular weight excluding hydrogens is 487 g/mol. The number of hydrogen-bond donors (Lipinski definition) is 2. The van der Waals surface area contributed by atoms with Crippen molar-refractivity contribution in [3.05, 3.63) is 23.8 Å². The number of ether oxygens (including phenoxy) is 3. The summed E-state index contributed by atoms with van der Waals surface area (Å²) in [5, 5.41) is 6.45. The van der Waals surface area contributed by atoms with Crippen molar-refractivity contribution in [3.8, 4) is 11.5 Å². The standard InChI is InChI=1S/C20H32N4O4.HI/c1-6-21-18(23-11-12-24(5)19(25)28-20(2,3)4)22-10-9-15-7-8-16-17(13-15)27-14-26-16;/h7-8,13H,6,9-12,14H2,1-5H3,(H2,21,22,23);1H. The summed E-state index contributed by atoms with van der Waals surface area (Å²) in [5.41, 5.74) is 0.651. The predicted octanol–water partition coefficient (Wildman–Crippen LogP) is 3.00. The third-order valence-electron chi connectivity index (χ3n) is 3.90. The van der Waals surface area contributed by atoms with Crippen molar-refractivity contribution < 1.29 is 19.0 Å². The van der Waals surface area contributed by atoms with Crippen LogP contribution in [0.2, 0.25) is 0 Å². The average molecular weight is 520 g/mol. The molecule has 8 nitrogen and oxygen atoms in total. The van der Waals surface area contributed by atoms with E-state index in [0.717, 1.165) is 36.0 Å². The maximum Gasteiger partial charge on any atom is 0.410 e. The van der Waals surface area contributed by atoms with Gasteiger partial charge in [-0.2, -0.15) is 0 Å². The van der Waals surface area contributed by atoms with Crippen LogP contribution in [0.25, 0.3) is 0 Å². The number of carbonyl (C=O) groups excluding carboxylic acids is 1. The van der Waals surface area contributed by atoms with Crippen LogP contribution in [0.5, 0.6) is 11.5 Å². The Morgan fingerprint density at radius 2 is 1.97 bits per heavy atom. The zero-order valence-corrected chi connectivity index (χ0v) is 20.2. The second-order valence-electron chi connectivity index (χ2n) is 7.53. The molecule has 29 heavy (non-hydrogen) atoms. The molecule has 0 saturated heterocycles. The van der Waals surface area contributed by atoms with E-state index in [4.69, 9.17) is 14.2 Å². The van der Waals surface area contributed by atoms with E-state index in [9.17, 15) is 4.79 Å². The summed E-state index contributed by atoms with van der Waals surface area (Å²) in [5.74, 6) is 2.30. The molecule has 9 heteroatoms. The molecule has 0 spiro atoms. The van der Waals surface area contributed by atoms with E-state index in [-0.39, 0.29) is 36.9 Å². The summed E-state index contributed by atoms with van der Waals surface area (Å²) < 4.78 is 16.1. The van der Waals surface area contributed by atoms with Crippen molar-refractivity contribution in [2.75, 3.05) is 40.0 Å². The summed E-state index contributed by atoms with van der Waals surface area (Å²) in [6.45, 7) is 10.3. The normalized spacial score (nSPS) is 12.8. The molecule has 0 fully saturated rings. The van der Waals surface area contributed by atoms with Gasteiger partial charge >= 0.3 is 6.09 Å². The highest BCUT2D eigenvalue weighted by molar-refractivity contribution is 14.0. The van der Waals surface area contributed by atoms with E-state index in [1.54, 1.807) is 11.9 Å². The van der Waals surface area contributed by atoms with E-state index in [2.05, 4.69) is 15.6 Å². The number of nitrogens with zero attached hydrogens (tertiary/aromatic N) is 2. The Morgan fingerprint density at radius 1 is 1.24 bits per heavy atom. The Morgan fingerprint density at radius 3 is 2.66 bits per heavy atom. The first-order valence-electron chi connectivity index (χ1n) is 9.63. The zero-order valence-electron chi connectivity index (χ0n) is 17.9. The molecule has 0 aliphatic carbocycles. The number of hydrogen-bond acceptors (Lipinski definition) is 5. The molecule has 2 rings (SSSR count). The molecule has 0 radical (unpaired) electrons. The van der Waals surface area contributed by atoms with Gasteiger partial charge in [0.25, 0.3) is 0 Å². The van der Waals surface area contributed by atoms with Crippen molar-refractivity contribution in [3.63, 3.8) is 0 Å². The molecule has 1 aromatic carbocycles. The van der Waals surface area contributed by atoms with E-state index < -0.39 is 5.60 Å². The first kappa shape index (κ1) is 25.1. The minimum absolute atomic E-state index is 0. The lowest BCUT2D eigenvalue weighted by Gasteiger charge is -2.24. The van der Waals surface area contributed by atoms with Gasteiger partial charge in [-0.1, -0.05) is 6.07 Å². The molecule has 0 saturated carbocycles. The molecule has 164 valence electrons. The van der Waals surface area contributed by atoms with Crippen LogP contribution in [0.4, 0.5) is 4.79 Å². The predicted molar refractivity (Wildman–Crippen MR) is 125 cm³/mol. The first-order valence-corrected chi connectivity index (χ1v) is 9.63. The SMILES string of the molecule is CCNC(=NCCc1ccc2c(c1)OCO2)NCCN(C)C(=O)OC(C)(C)C.I. The molecule has 1 aromatic rings. The van der Waals surface area contributed by atoms with Crippen molar-refractivity contribution >= 4 is 36.0 Å². The van der Waals surface area contributed by atoms with Gasteiger partial charge in [-0.15, -0.1) is 24.0 Å². The van der Waals surface area contributed by atoms with Crippen LogP contribution in [-0.4, -0.2) is 62.6 Å². The third kappa shape index (κ3) is 8.97. The maximum absolute atomic E-state index is 12.0. The Balaban J connectivity index is 0.00000420. The molecule has 1 aliphatic rings. The number of amides is 1. The van der Waals surface area contributed by atoms with Crippen molar-refractivity contribution in [1.29, 1.82) is 0 Å². The van der Waals surface area contributed by atoms with Crippen LogP contribution >= 0.6 is 24.0 Å². The molecular formula is C20H33IN4O4. The number of carbonyl (C=O) groups is 1. The smallest absolute Gasteiger partial charge is 0.410 e. The van der Waals surface area contributed by atoms with Gasteiger partial charge in [0.1, 0.15) is 5.60 Å². The lowest BCUT2D eigenvalue weighted by Crippen LogP contribution is -2.43. The van der Waals surface area contributed by atoms with Crippen LogP contribution < -0.4 is 20.1 Å². The Kier molecular flexibility index (Phi) is 10.3. The van der Waals surface area contributed by atoms with Gasteiger partial charge in [0.15, 0.2) is 17.5 Å². The number of guanidine groups is 1. The van der Waals surface area contributed by atoms with Gasteiger partial charge in [-0.3, -0.25) is 4.99 Å². The molecule has 0 aromatic heterocycles. The number of benzene rings is 1. The largest absolute Gasteiger partial charge is 0.454 e. The Bertz CT molecular complexity index is 692. The maximum atomic E-state index is 12.0. The highest BCUT2D eigenvalue weighted by atomic mass is 127. The van der Waals surface area contributed by atoms with E-state index in [0.29, 0.717) is 19.6 Å². The first-order chi connectivity index (χ1) is 13.3. The Hall–Kier alpha value is -1.91. The van der Waals surface area contributed by atoms with Crippen LogP contribution in [0, 0.1) is 0 Å². The summed E-state index contributed by atoms with van der Waals surface area (Å²) >= 11 is 0. The summed E-state index contributed by atoms with van der Waals surface area (Å²) in [6, 6.07) is 5.95. The minimum atomic E-state index is -0.496. The Labute approximate surface area is 190 Å². The highest BCUT2D eigenvalue weighted by Crippen LogP contribution is 2.32. The zero-order chi connectivity index (χ0) is 20.6. The highest BCUT2D eigenvalue weighted by Gasteiger charge is 2.19. The van der Waals surface area contributed by atoms with Gasteiger partial charge in [0.05, 0.1) is 0 Å². The quantitative estimate of drug-likeness (QED) is 0.327. The molecule has 1 aliphatic heterocycles. The van der Waals surface area contributed by atoms with Crippen molar-refractivity contribution in [1.82, 2.24) is 15.5 Å². The fourth-order valence-corrected chi connectivity index (χ4v) is 2.51. The lowest BCUT2D eigenvalue weighted by molar-refractivity contribution is 0.0302. The van der Waals surface area contributed by atoms with Gasteiger partial charge in [-0.25, -0.2) is 4.79 Å². The van der Waals surface area contributed by atoms with Crippen molar-refractivity contribution in [2.24, 2.45) is 4.99 Å². The molecule has 1 heterocycles. The van der Waals surface area contributed by atoms with Crippen LogP contribution in [0.1, 0.15) is 33.3 Å².